The molecule has 162 valence electrons. The molecule has 4 aromatic rings. The van der Waals surface area contributed by atoms with Gasteiger partial charge in [0, 0.05) is 30.0 Å². The Hall–Kier alpha value is -3.77. The molecule has 0 saturated carbocycles. The summed E-state index contributed by atoms with van der Waals surface area (Å²) in [6.07, 6.45) is 0.235. The predicted octanol–water partition coefficient (Wildman–Crippen LogP) is 4.73. The van der Waals surface area contributed by atoms with Crippen molar-refractivity contribution in [2.45, 2.75) is 6.42 Å². The van der Waals surface area contributed by atoms with Gasteiger partial charge >= 0.3 is 5.97 Å². The smallest absolute Gasteiger partial charge is 0.355 e. The van der Waals surface area contributed by atoms with E-state index in [0.29, 0.717) is 10.9 Å². The van der Waals surface area contributed by atoms with E-state index in [-0.39, 0.29) is 47.4 Å². The summed E-state index contributed by atoms with van der Waals surface area (Å²) in [5.74, 6) is -1.18. The molecular weight excluding hydrogens is 409 g/mol. The minimum atomic E-state index is -0.685. The minimum Gasteiger partial charge on any atom is -0.459 e. The summed E-state index contributed by atoms with van der Waals surface area (Å²) in [7, 11) is 1.50. The molecule has 0 aliphatic heterocycles. The summed E-state index contributed by atoms with van der Waals surface area (Å²) in [4.78, 5) is 29.5. The number of hydrogen-bond acceptors (Lipinski definition) is 4. The number of H-pyrrole nitrogens is 1. The van der Waals surface area contributed by atoms with Crippen LogP contribution in [0.5, 0.6) is 0 Å². The molecule has 0 unspecified atom stereocenters. The van der Waals surface area contributed by atoms with Gasteiger partial charge < -0.3 is 14.5 Å². The zero-order chi connectivity index (χ0) is 22.5. The third-order valence-electron chi connectivity index (χ3n) is 5.24. The van der Waals surface area contributed by atoms with E-state index in [9.17, 15) is 14.0 Å². The standard InChI is InChI=1S/C26H22FNO4/c1-31-14-15-32-26(30)24-20(16-17-8-4-2-5-9-17)25(29)19-12-13-21(27)22(23(19)28-24)18-10-6-3-7-11-18/h2-13H,14-16H2,1H3,(H,28,29). The molecular formula is C26H22FNO4. The molecule has 0 fully saturated rings. The van der Waals surface area contributed by atoms with Crippen molar-refractivity contribution in [3.8, 4) is 11.1 Å². The predicted molar refractivity (Wildman–Crippen MR) is 121 cm³/mol. The molecule has 0 bridgehead atoms. The van der Waals surface area contributed by atoms with Crippen LogP contribution in [0.4, 0.5) is 4.39 Å². The molecule has 4 rings (SSSR count). The Morgan fingerprint density at radius 3 is 2.31 bits per heavy atom. The lowest BCUT2D eigenvalue weighted by molar-refractivity contribution is 0.0381. The number of aromatic amines is 1. The van der Waals surface area contributed by atoms with Crippen molar-refractivity contribution in [3.05, 3.63) is 106 Å². The average molecular weight is 431 g/mol. The van der Waals surface area contributed by atoms with E-state index in [2.05, 4.69) is 4.98 Å². The van der Waals surface area contributed by atoms with Crippen molar-refractivity contribution in [2.75, 3.05) is 20.3 Å². The number of benzene rings is 3. The molecule has 0 radical (unpaired) electrons. The summed E-state index contributed by atoms with van der Waals surface area (Å²) in [6.45, 7) is 0.260. The van der Waals surface area contributed by atoms with E-state index >= 15 is 0 Å². The summed E-state index contributed by atoms with van der Waals surface area (Å²) >= 11 is 0. The third-order valence-corrected chi connectivity index (χ3v) is 5.24. The zero-order valence-corrected chi connectivity index (χ0v) is 17.6. The van der Waals surface area contributed by atoms with Gasteiger partial charge in [0.25, 0.3) is 0 Å². The van der Waals surface area contributed by atoms with E-state index in [1.165, 1.54) is 19.2 Å². The van der Waals surface area contributed by atoms with E-state index in [0.717, 1.165) is 5.56 Å². The Morgan fingerprint density at radius 2 is 1.62 bits per heavy atom. The van der Waals surface area contributed by atoms with Crippen LogP contribution in [0.15, 0.2) is 77.6 Å². The van der Waals surface area contributed by atoms with Crippen LogP contribution in [0, 0.1) is 5.82 Å². The number of esters is 1. The number of aromatic nitrogens is 1. The number of hydrogen-bond donors (Lipinski definition) is 1. The second kappa shape index (κ2) is 9.58. The molecule has 5 nitrogen and oxygen atoms in total. The van der Waals surface area contributed by atoms with Crippen molar-refractivity contribution < 1.29 is 18.7 Å². The van der Waals surface area contributed by atoms with Crippen LogP contribution in [0.3, 0.4) is 0 Å². The number of methoxy groups -OCH3 is 1. The number of fused-ring (bicyclic) bond motifs is 1. The van der Waals surface area contributed by atoms with Crippen molar-refractivity contribution in [3.63, 3.8) is 0 Å². The lowest BCUT2D eigenvalue weighted by Crippen LogP contribution is -2.21. The number of nitrogens with one attached hydrogen (secondary N) is 1. The lowest BCUT2D eigenvalue weighted by atomic mass is 9.96. The summed E-state index contributed by atoms with van der Waals surface area (Å²) in [5.41, 5.74) is 1.92. The molecule has 0 saturated heterocycles. The Bertz CT molecular complexity index is 1300. The zero-order valence-electron chi connectivity index (χ0n) is 17.6. The molecule has 3 aromatic carbocycles. The Labute approximate surface area is 184 Å². The number of pyridine rings is 1. The molecule has 0 aliphatic carbocycles. The van der Waals surface area contributed by atoms with Crippen LogP contribution in [0.25, 0.3) is 22.0 Å². The van der Waals surface area contributed by atoms with Gasteiger partial charge in [-0.25, -0.2) is 9.18 Å². The van der Waals surface area contributed by atoms with Crippen molar-refractivity contribution in [2.24, 2.45) is 0 Å². The van der Waals surface area contributed by atoms with Gasteiger partial charge in [-0.15, -0.1) is 0 Å². The first-order valence-corrected chi connectivity index (χ1v) is 10.2. The third kappa shape index (κ3) is 4.31. The second-order valence-electron chi connectivity index (χ2n) is 7.31. The van der Waals surface area contributed by atoms with Crippen LogP contribution >= 0.6 is 0 Å². The number of carbonyl (C=O) groups excluding carboxylic acids is 1. The fraction of sp³-hybridized carbons (Fsp3) is 0.154. The highest BCUT2D eigenvalue weighted by Crippen LogP contribution is 2.30. The molecule has 1 N–H and O–H groups in total. The van der Waals surface area contributed by atoms with Crippen molar-refractivity contribution >= 4 is 16.9 Å². The fourth-order valence-electron chi connectivity index (χ4n) is 3.69. The van der Waals surface area contributed by atoms with Crippen LogP contribution in [0.1, 0.15) is 21.6 Å². The maximum absolute atomic E-state index is 14.9. The molecule has 1 aromatic heterocycles. The number of halogens is 1. The van der Waals surface area contributed by atoms with E-state index in [1.807, 2.05) is 36.4 Å². The largest absolute Gasteiger partial charge is 0.459 e. The Morgan fingerprint density at radius 1 is 0.938 bits per heavy atom. The SMILES string of the molecule is COCCOC(=O)c1[nH]c2c(-c3ccccc3)c(F)ccc2c(=O)c1Cc1ccccc1. The maximum Gasteiger partial charge on any atom is 0.355 e. The molecule has 6 heteroatoms. The van der Waals surface area contributed by atoms with Crippen LogP contribution in [0.2, 0.25) is 0 Å². The first-order chi connectivity index (χ1) is 15.6. The molecule has 0 aliphatic rings. The topological polar surface area (TPSA) is 68.4 Å². The van der Waals surface area contributed by atoms with E-state index in [1.54, 1.807) is 24.3 Å². The van der Waals surface area contributed by atoms with Gasteiger partial charge in [0.1, 0.15) is 18.1 Å². The normalized spacial score (nSPS) is 10.9. The van der Waals surface area contributed by atoms with Crippen LogP contribution in [-0.4, -0.2) is 31.3 Å². The van der Waals surface area contributed by atoms with Crippen LogP contribution < -0.4 is 5.43 Å². The number of rotatable bonds is 7. The van der Waals surface area contributed by atoms with Crippen molar-refractivity contribution in [1.82, 2.24) is 4.98 Å². The minimum absolute atomic E-state index is 0.0187. The van der Waals surface area contributed by atoms with Crippen LogP contribution in [-0.2, 0) is 15.9 Å². The average Bonchev–Trinajstić information content (AvgIpc) is 2.82. The summed E-state index contributed by atoms with van der Waals surface area (Å²) in [5, 5.41) is 0.310. The quantitative estimate of drug-likeness (QED) is 0.339. The Kier molecular flexibility index (Phi) is 6.42. The van der Waals surface area contributed by atoms with Gasteiger partial charge in [-0.3, -0.25) is 4.79 Å². The molecule has 0 amide bonds. The van der Waals surface area contributed by atoms with Gasteiger partial charge in [-0.05, 0) is 23.3 Å². The maximum atomic E-state index is 14.9. The van der Waals surface area contributed by atoms with Gasteiger partial charge in [0.2, 0.25) is 0 Å². The summed E-state index contributed by atoms with van der Waals surface area (Å²) in [6, 6.07) is 21.0. The summed E-state index contributed by atoms with van der Waals surface area (Å²) < 4.78 is 25.2. The highest BCUT2D eigenvalue weighted by Gasteiger charge is 2.22. The monoisotopic (exact) mass is 431 g/mol. The van der Waals surface area contributed by atoms with Gasteiger partial charge in [0.05, 0.1) is 12.1 Å². The van der Waals surface area contributed by atoms with E-state index < -0.39 is 11.8 Å². The van der Waals surface area contributed by atoms with Gasteiger partial charge in [-0.2, -0.15) is 0 Å². The molecule has 0 spiro atoms. The highest BCUT2D eigenvalue weighted by atomic mass is 19.1. The number of carbonyl (C=O) groups is 1. The number of ether oxygens (including phenoxy) is 2. The Balaban J connectivity index is 1.94. The molecule has 1 heterocycles. The molecule has 32 heavy (non-hydrogen) atoms. The lowest BCUT2D eigenvalue weighted by Gasteiger charge is -2.14. The second-order valence-corrected chi connectivity index (χ2v) is 7.31. The van der Waals surface area contributed by atoms with Gasteiger partial charge in [0.15, 0.2) is 5.43 Å². The highest BCUT2D eigenvalue weighted by molar-refractivity contribution is 5.98. The van der Waals surface area contributed by atoms with E-state index in [4.69, 9.17) is 9.47 Å². The first-order valence-electron chi connectivity index (χ1n) is 10.2. The molecule has 0 atom stereocenters. The van der Waals surface area contributed by atoms with Gasteiger partial charge in [-0.1, -0.05) is 60.7 Å². The van der Waals surface area contributed by atoms with Crippen molar-refractivity contribution in [1.29, 1.82) is 0 Å². The first kappa shape index (κ1) is 21.5. The fourth-order valence-corrected chi connectivity index (χ4v) is 3.69.